The van der Waals surface area contributed by atoms with Crippen LogP contribution >= 0.6 is 0 Å². The van der Waals surface area contributed by atoms with E-state index in [1.54, 1.807) is 23.1 Å². The first-order chi connectivity index (χ1) is 18.8. The third-order valence-corrected chi connectivity index (χ3v) is 6.74. The number of carbonyl (C=O) groups is 2. The maximum atomic E-state index is 13.7. The van der Waals surface area contributed by atoms with E-state index in [9.17, 15) is 27.9 Å². The van der Waals surface area contributed by atoms with Crippen LogP contribution in [0.3, 0.4) is 0 Å². The van der Waals surface area contributed by atoms with Gasteiger partial charge in [-0.05, 0) is 73.9 Å². The van der Waals surface area contributed by atoms with Crippen molar-refractivity contribution in [3.05, 3.63) is 70.3 Å². The molecule has 2 atom stereocenters. The fourth-order valence-electron chi connectivity index (χ4n) is 4.58. The van der Waals surface area contributed by atoms with Crippen LogP contribution in [0.5, 0.6) is 0 Å². The van der Waals surface area contributed by atoms with Gasteiger partial charge in [-0.15, -0.1) is 0 Å². The molecule has 0 heterocycles. The molecule has 2 amide bonds. The molecule has 0 saturated carbocycles. The average Bonchev–Trinajstić information content (AvgIpc) is 2.89. The lowest BCUT2D eigenvalue weighted by Gasteiger charge is -2.29. The first-order valence-corrected chi connectivity index (χ1v) is 14.1. The van der Waals surface area contributed by atoms with Gasteiger partial charge in [-0.1, -0.05) is 45.9 Å². The molecule has 2 aromatic rings. The zero-order valence-corrected chi connectivity index (χ0v) is 24.3. The largest absolute Gasteiger partial charge is 0.416 e. The van der Waals surface area contributed by atoms with Gasteiger partial charge in [0.05, 0.1) is 11.7 Å². The second-order valence-corrected chi connectivity index (χ2v) is 10.9. The third-order valence-electron chi connectivity index (χ3n) is 6.74. The lowest BCUT2D eigenvalue weighted by atomic mass is 9.99. The number of aliphatic hydroxyl groups excluding tert-OH is 1. The molecule has 6 nitrogen and oxygen atoms in total. The van der Waals surface area contributed by atoms with E-state index < -0.39 is 23.9 Å². The Morgan fingerprint density at radius 3 is 2.02 bits per heavy atom. The van der Waals surface area contributed by atoms with Gasteiger partial charge in [0.15, 0.2) is 0 Å². The Kier molecular flexibility index (Phi) is 12.6. The van der Waals surface area contributed by atoms with Crippen molar-refractivity contribution in [2.24, 2.45) is 11.7 Å². The number of amides is 2. The summed E-state index contributed by atoms with van der Waals surface area (Å²) in [6.07, 6.45) is -3.29. The molecule has 2 rings (SSSR count). The highest BCUT2D eigenvalue weighted by Gasteiger charge is 2.31. The molecule has 9 heteroatoms. The smallest absolute Gasteiger partial charge is 0.390 e. The number of rotatable bonds is 14. The highest BCUT2D eigenvalue weighted by atomic mass is 19.4. The number of aryl methyl sites for hydroxylation is 1. The quantitative estimate of drug-likeness (QED) is 0.309. The Labute approximate surface area is 236 Å². The summed E-state index contributed by atoms with van der Waals surface area (Å²) in [5, 5.41) is 10.9. The average molecular weight is 564 g/mol. The molecule has 0 spiro atoms. The lowest BCUT2D eigenvalue weighted by molar-refractivity contribution is -0.137. The van der Waals surface area contributed by atoms with Gasteiger partial charge in [0.1, 0.15) is 0 Å². The Balaban J connectivity index is 2.27. The normalized spacial score (nSPS) is 13.3. The molecule has 222 valence electrons. The molecule has 0 radical (unpaired) electrons. The maximum absolute atomic E-state index is 13.7. The number of benzene rings is 2. The number of halogens is 3. The van der Waals surface area contributed by atoms with E-state index in [4.69, 9.17) is 5.73 Å². The molecule has 40 heavy (non-hydrogen) atoms. The van der Waals surface area contributed by atoms with Crippen LogP contribution in [0.15, 0.2) is 42.5 Å². The van der Waals surface area contributed by atoms with Crippen LogP contribution in [0.4, 0.5) is 13.2 Å². The fraction of sp³-hybridized carbons (Fsp3) is 0.548. The Hall–Kier alpha value is -2.91. The minimum Gasteiger partial charge on any atom is -0.390 e. The Morgan fingerprint density at radius 2 is 1.50 bits per heavy atom. The van der Waals surface area contributed by atoms with E-state index in [1.807, 2.05) is 34.6 Å². The van der Waals surface area contributed by atoms with Gasteiger partial charge in [0, 0.05) is 43.3 Å². The van der Waals surface area contributed by atoms with Crippen molar-refractivity contribution in [2.45, 2.75) is 78.6 Å². The summed E-state index contributed by atoms with van der Waals surface area (Å²) in [5.74, 6) is -0.169. The molecule has 0 fully saturated rings. The first-order valence-electron chi connectivity index (χ1n) is 14.1. The van der Waals surface area contributed by atoms with Crippen molar-refractivity contribution in [3.8, 4) is 0 Å². The monoisotopic (exact) mass is 563 g/mol. The van der Waals surface area contributed by atoms with Crippen LogP contribution in [0.2, 0.25) is 0 Å². The van der Waals surface area contributed by atoms with Crippen LogP contribution in [0.25, 0.3) is 0 Å². The Morgan fingerprint density at radius 1 is 0.925 bits per heavy atom. The highest BCUT2D eigenvalue weighted by Crippen LogP contribution is 2.29. The van der Waals surface area contributed by atoms with Gasteiger partial charge in [0.25, 0.3) is 11.8 Å². The minimum atomic E-state index is -4.48. The summed E-state index contributed by atoms with van der Waals surface area (Å²) in [7, 11) is 0. The molecule has 0 saturated heterocycles. The number of hydrogen-bond donors (Lipinski definition) is 2. The maximum Gasteiger partial charge on any atom is 0.416 e. The van der Waals surface area contributed by atoms with Crippen molar-refractivity contribution in [2.75, 3.05) is 26.2 Å². The van der Waals surface area contributed by atoms with Gasteiger partial charge in [-0.25, -0.2) is 0 Å². The third kappa shape index (κ3) is 9.93. The van der Waals surface area contributed by atoms with Crippen LogP contribution in [-0.4, -0.2) is 65.0 Å². The van der Waals surface area contributed by atoms with Crippen LogP contribution < -0.4 is 5.73 Å². The molecule has 2 aromatic carbocycles. The van der Waals surface area contributed by atoms with Gasteiger partial charge >= 0.3 is 6.18 Å². The fourth-order valence-corrected chi connectivity index (χ4v) is 4.58. The zero-order chi connectivity index (χ0) is 30.0. The van der Waals surface area contributed by atoms with Crippen LogP contribution in [0.1, 0.15) is 84.4 Å². The molecule has 0 aliphatic rings. The molecule has 0 aliphatic heterocycles. The van der Waals surface area contributed by atoms with Crippen molar-refractivity contribution < 1.29 is 27.9 Å². The summed E-state index contributed by atoms with van der Waals surface area (Å²) in [5.41, 5.74) is 7.35. The predicted molar refractivity (Wildman–Crippen MR) is 152 cm³/mol. The standard InChI is InChI=1S/C31H44F3N3O3/c1-6-12-36(13-7-2)29(39)24-15-22(5)16-25(19-24)30(40)37(14-11-21(3)4)20-28(38)27(35)18-23-9-8-10-26(17-23)31(32,33)34/h8-10,15-17,19,21,27-28,38H,6-7,11-14,18,20,35H2,1-5H3/t27-,28+/m0/s1. The summed E-state index contributed by atoms with van der Waals surface area (Å²) in [6, 6.07) is 9.08. The predicted octanol–water partition coefficient (Wildman–Crippen LogP) is 5.70. The first kappa shape index (κ1) is 33.3. The minimum absolute atomic E-state index is 0.0189. The summed E-state index contributed by atoms with van der Waals surface area (Å²) >= 11 is 0. The van der Waals surface area contributed by atoms with Crippen molar-refractivity contribution >= 4 is 11.8 Å². The van der Waals surface area contributed by atoms with E-state index in [0.717, 1.165) is 30.5 Å². The van der Waals surface area contributed by atoms with E-state index in [0.29, 0.717) is 42.7 Å². The SMILES string of the molecule is CCCN(CCC)C(=O)c1cc(C)cc(C(=O)N(CCC(C)C)C[C@@H](O)[C@@H](N)Cc2cccc(C(F)(F)F)c2)c1. The van der Waals surface area contributed by atoms with Crippen molar-refractivity contribution in [3.63, 3.8) is 0 Å². The van der Waals surface area contributed by atoms with Crippen molar-refractivity contribution in [1.82, 2.24) is 9.80 Å². The molecule has 3 N–H and O–H groups in total. The Bertz CT molecular complexity index is 1110. The van der Waals surface area contributed by atoms with E-state index in [1.165, 1.54) is 17.0 Å². The van der Waals surface area contributed by atoms with Crippen molar-refractivity contribution in [1.29, 1.82) is 0 Å². The van der Waals surface area contributed by atoms with Gasteiger partial charge < -0.3 is 20.6 Å². The number of aliphatic hydroxyl groups is 1. The topological polar surface area (TPSA) is 86.9 Å². The summed E-state index contributed by atoms with van der Waals surface area (Å²) in [4.78, 5) is 30.2. The lowest BCUT2D eigenvalue weighted by Crippen LogP contribution is -2.47. The molecule has 0 bridgehead atoms. The van der Waals surface area contributed by atoms with Gasteiger partial charge in [-0.2, -0.15) is 13.2 Å². The molecule has 0 aliphatic carbocycles. The number of alkyl halides is 3. The second kappa shape index (κ2) is 15.2. The van der Waals surface area contributed by atoms with E-state index in [-0.39, 0.29) is 30.7 Å². The molecule has 0 unspecified atom stereocenters. The number of hydrogen-bond acceptors (Lipinski definition) is 4. The van der Waals surface area contributed by atoms with E-state index >= 15 is 0 Å². The number of nitrogens with two attached hydrogens (primary N) is 1. The number of nitrogens with zero attached hydrogens (tertiary/aromatic N) is 2. The second-order valence-electron chi connectivity index (χ2n) is 10.9. The molecule has 0 aromatic heterocycles. The van der Waals surface area contributed by atoms with Crippen LogP contribution in [-0.2, 0) is 12.6 Å². The zero-order valence-electron chi connectivity index (χ0n) is 24.3. The highest BCUT2D eigenvalue weighted by molar-refractivity contribution is 6.00. The number of carbonyl (C=O) groups excluding carboxylic acids is 2. The van der Waals surface area contributed by atoms with Gasteiger partial charge in [-0.3, -0.25) is 9.59 Å². The molecular formula is C31H44F3N3O3. The summed E-state index contributed by atoms with van der Waals surface area (Å²) in [6.45, 7) is 11.4. The molecular weight excluding hydrogens is 519 g/mol. The van der Waals surface area contributed by atoms with E-state index in [2.05, 4.69) is 0 Å². The van der Waals surface area contributed by atoms with Gasteiger partial charge in [0.2, 0.25) is 0 Å². The summed E-state index contributed by atoms with van der Waals surface area (Å²) < 4.78 is 39.3. The van der Waals surface area contributed by atoms with Crippen LogP contribution in [0, 0.1) is 12.8 Å².